The molecular weight excluding hydrogens is 362 g/mol. The standard InChI is InChI=1S/C18H14ClNO2S2/c1-2-22-15-6-4-3-5-12(15)11-16-17(21)20(18(23)24-16)14-9-7-13(19)8-10-14/h3-11H,2H2,1H3/b16-11-. The van der Waals surface area contributed by atoms with E-state index in [9.17, 15) is 4.79 Å². The van der Waals surface area contributed by atoms with Crippen molar-refractivity contribution in [3.63, 3.8) is 0 Å². The van der Waals surface area contributed by atoms with Crippen molar-refractivity contribution in [1.82, 2.24) is 0 Å². The summed E-state index contributed by atoms with van der Waals surface area (Å²) in [4.78, 5) is 14.8. The highest BCUT2D eigenvalue weighted by Crippen LogP contribution is 2.37. The molecule has 1 heterocycles. The van der Waals surface area contributed by atoms with Gasteiger partial charge in [-0.3, -0.25) is 9.69 Å². The molecule has 0 aliphatic carbocycles. The van der Waals surface area contributed by atoms with E-state index in [2.05, 4.69) is 0 Å². The summed E-state index contributed by atoms with van der Waals surface area (Å²) < 4.78 is 6.11. The second kappa shape index (κ2) is 7.38. The van der Waals surface area contributed by atoms with Crippen LogP contribution in [0.3, 0.4) is 0 Å². The number of ether oxygens (including phenoxy) is 1. The first-order valence-electron chi connectivity index (χ1n) is 7.35. The van der Waals surface area contributed by atoms with Crippen LogP contribution in [0.1, 0.15) is 12.5 Å². The van der Waals surface area contributed by atoms with Crippen LogP contribution in [0.5, 0.6) is 5.75 Å². The molecular formula is C18H14ClNO2S2. The predicted octanol–water partition coefficient (Wildman–Crippen LogP) is 5.14. The van der Waals surface area contributed by atoms with Crippen LogP contribution in [0.4, 0.5) is 5.69 Å². The zero-order valence-corrected chi connectivity index (χ0v) is 15.3. The molecule has 0 radical (unpaired) electrons. The Hall–Kier alpha value is -1.82. The summed E-state index contributed by atoms with van der Waals surface area (Å²) in [6.07, 6.45) is 1.82. The smallest absolute Gasteiger partial charge is 0.270 e. The number of amides is 1. The van der Waals surface area contributed by atoms with Crippen molar-refractivity contribution in [3.05, 3.63) is 64.0 Å². The van der Waals surface area contributed by atoms with E-state index in [1.807, 2.05) is 37.3 Å². The van der Waals surface area contributed by atoms with Crippen molar-refractivity contribution >= 4 is 57.6 Å². The van der Waals surface area contributed by atoms with Crippen LogP contribution in [0.25, 0.3) is 6.08 Å². The average molecular weight is 376 g/mol. The van der Waals surface area contributed by atoms with Crippen LogP contribution in [-0.4, -0.2) is 16.8 Å². The van der Waals surface area contributed by atoms with Crippen LogP contribution >= 0.6 is 35.6 Å². The fourth-order valence-electron chi connectivity index (χ4n) is 2.31. The minimum absolute atomic E-state index is 0.140. The second-order valence-electron chi connectivity index (χ2n) is 4.96. The summed E-state index contributed by atoms with van der Waals surface area (Å²) in [5, 5.41) is 0.616. The molecule has 0 aromatic heterocycles. The number of hydrogen-bond donors (Lipinski definition) is 0. The van der Waals surface area contributed by atoms with E-state index < -0.39 is 0 Å². The molecule has 6 heteroatoms. The number of para-hydroxylation sites is 1. The van der Waals surface area contributed by atoms with Gasteiger partial charge in [0.1, 0.15) is 5.75 Å². The zero-order chi connectivity index (χ0) is 17.1. The number of thiocarbonyl (C=S) groups is 1. The third-order valence-electron chi connectivity index (χ3n) is 3.38. The molecule has 1 saturated heterocycles. The summed E-state index contributed by atoms with van der Waals surface area (Å²) in [6, 6.07) is 14.7. The molecule has 0 atom stereocenters. The summed E-state index contributed by atoms with van der Waals surface area (Å²) >= 11 is 12.6. The minimum atomic E-state index is -0.140. The number of benzene rings is 2. The van der Waals surface area contributed by atoms with E-state index in [1.165, 1.54) is 16.7 Å². The third kappa shape index (κ3) is 3.48. The molecule has 0 spiro atoms. The number of carbonyl (C=O) groups is 1. The van der Waals surface area contributed by atoms with Gasteiger partial charge in [-0.1, -0.05) is 53.8 Å². The lowest BCUT2D eigenvalue weighted by Crippen LogP contribution is -2.27. The monoisotopic (exact) mass is 375 g/mol. The fourth-order valence-corrected chi connectivity index (χ4v) is 3.72. The van der Waals surface area contributed by atoms with E-state index in [0.717, 1.165) is 11.3 Å². The number of anilines is 1. The van der Waals surface area contributed by atoms with E-state index in [-0.39, 0.29) is 5.91 Å². The molecule has 0 bridgehead atoms. The lowest BCUT2D eigenvalue weighted by atomic mass is 10.2. The van der Waals surface area contributed by atoms with E-state index >= 15 is 0 Å². The van der Waals surface area contributed by atoms with Crippen LogP contribution in [0, 0.1) is 0 Å². The normalized spacial score (nSPS) is 16.1. The Morgan fingerprint density at radius 1 is 1.21 bits per heavy atom. The maximum Gasteiger partial charge on any atom is 0.270 e. The highest BCUT2D eigenvalue weighted by molar-refractivity contribution is 8.27. The molecule has 3 nitrogen and oxygen atoms in total. The Labute approximate surface area is 155 Å². The van der Waals surface area contributed by atoms with Crippen molar-refractivity contribution in [1.29, 1.82) is 0 Å². The van der Waals surface area contributed by atoms with Gasteiger partial charge in [-0.05, 0) is 43.3 Å². The highest BCUT2D eigenvalue weighted by atomic mass is 35.5. The Kier molecular flexibility index (Phi) is 5.23. The zero-order valence-electron chi connectivity index (χ0n) is 12.9. The Balaban J connectivity index is 1.93. The summed E-state index contributed by atoms with van der Waals surface area (Å²) in [7, 11) is 0. The van der Waals surface area contributed by atoms with Crippen molar-refractivity contribution in [2.24, 2.45) is 0 Å². The van der Waals surface area contributed by atoms with Crippen LogP contribution in [0.15, 0.2) is 53.4 Å². The number of halogens is 1. The van der Waals surface area contributed by atoms with Gasteiger partial charge in [-0.15, -0.1) is 0 Å². The number of nitrogens with zero attached hydrogens (tertiary/aromatic N) is 1. The lowest BCUT2D eigenvalue weighted by Gasteiger charge is -2.14. The molecule has 3 rings (SSSR count). The van der Waals surface area contributed by atoms with Gasteiger partial charge in [0.05, 0.1) is 17.2 Å². The largest absolute Gasteiger partial charge is 0.493 e. The third-order valence-corrected chi connectivity index (χ3v) is 4.94. The van der Waals surface area contributed by atoms with Crippen LogP contribution < -0.4 is 9.64 Å². The minimum Gasteiger partial charge on any atom is -0.493 e. The number of carbonyl (C=O) groups excluding carboxylic acids is 1. The van der Waals surface area contributed by atoms with Gasteiger partial charge in [0.15, 0.2) is 4.32 Å². The van der Waals surface area contributed by atoms with Crippen LogP contribution in [0.2, 0.25) is 5.02 Å². The van der Waals surface area contributed by atoms with Gasteiger partial charge < -0.3 is 4.74 Å². The molecule has 0 N–H and O–H groups in total. The molecule has 122 valence electrons. The lowest BCUT2D eigenvalue weighted by molar-refractivity contribution is -0.113. The Morgan fingerprint density at radius 3 is 2.62 bits per heavy atom. The van der Waals surface area contributed by atoms with Crippen molar-refractivity contribution in [2.75, 3.05) is 11.5 Å². The predicted molar refractivity (Wildman–Crippen MR) is 105 cm³/mol. The van der Waals surface area contributed by atoms with E-state index in [0.29, 0.717) is 26.5 Å². The van der Waals surface area contributed by atoms with Gasteiger partial charge in [0.25, 0.3) is 5.91 Å². The average Bonchev–Trinajstić information content (AvgIpc) is 2.85. The van der Waals surface area contributed by atoms with Gasteiger partial charge in [0, 0.05) is 10.6 Å². The first kappa shape index (κ1) is 17.0. The Bertz CT molecular complexity index is 818. The second-order valence-corrected chi connectivity index (χ2v) is 7.08. The molecule has 2 aromatic carbocycles. The summed E-state index contributed by atoms with van der Waals surface area (Å²) in [5.74, 6) is 0.607. The van der Waals surface area contributed by atoms with Gasteiger partial charge in [-0.25, -0.2) is 0 Å². The molecule has 1 aliphatic rings. The molecule has 24 heavy (non-hydrogen) atoms. The maximum absolute atomic E-state index is 12.8. The van der Waals surface area contributed by atoms with Gasteiger partial charge in [-0.2, -0.15) is 0 Å². The first-order valence-corrected chi connectivity index (χ1v) is 8.95. The fraction of sp³-hybridized carbons (Fsp3) is 0.111. The summed E-state index contributed by atoms with van der Waals surface area (Å²) in [5.41, 5.74) is 1.57. The van der Waals surface area contributed by atoms with Crippen molar-refractivity contribution in [2.45, 2.75) is 6.92 Å². The van der Waals surface area contributed by atoms with E-state index in [4.69, 9.17) is 28.6 Å². The Morgan fingerprint density at radius 2 is 1.92 bits per heavy atom. The summed E-state index contributed by atoms with van der Waals surface area (Å²) in [6.45, 7) is 2.49. The molecule has 2 aromatic rings. The van der Waals surface area contributed by atoms with Crippen LogP contribution in [-0.2, 0) is 4.79 Å². The molecule has 1 amide bonds. The van der Waals surface area contributed by atoms with Gasteiger partial charge in [0.2, 0.25) is 0 Å². The number of rotatable bonds is 4. The number of hydrogen-bond acceptors (Lipinski definition) is 4. The molecule has 1 fully saturated rings. The van der Waals surface area contributed by atoms with E-state index in [1.54, 1.807) is 24.3 Å². The maximum atomic E-state index is 12.8. The SMILES string of the molecule is CCOc1ccccc1/C=C1\SC(=S)N(c2ccc(Cl)cc2)C1=O. The molecule has 0 saturated carbocycles. The quantitative estimate of drug-likeness (QED) is 0.546. The molecule has 1 aliphatic heterocycles. The van der Waals surface area contributed by atoms with Crippen molar-refractivity contribution in [3.8, 4) is 5.75 Å². The number of thioether (sulfide) groups is 1. The molecule has 0 unspecified atom stereocenters. The topological polar surface area (TPSA) is 29.5 Å². The first-order chi connectivity index (χ1) is 11.6. The van der Waals surface area contributed by atoms with Gasteiger partial charge >= 0.3 is 0 Å². The van der Waals surface area contributed by atoms with Crippen molar-refractivity contribution < 1.29 is 9.53 Å². The highest BCUT2D eigenvalue weighted by Gasteiger charge is 2.33.